The molecule has 2 aromatic carbocycles. The summed E-state index contributed by atoms with van der Waals surface area (Å²) >= 11 is 5.88. The highest BCUT2D eigenvalue weighted by molar-refractivity contribution is 6.30. The van der Waals surface area contributed by atoms with Crippen LogP contribution in [0.1, 0.15) is 11.5 Å². The molecule has 0 unspecified atom stereocenters. The second kappa shape index (κ2) is 9.28. The second-order valence-corrected chi connectivity index (χ2v) is 6.51. The van der Waals surface area contributed by atoms with Gasteiger partial charge in [-0.25, -0.2) is 0 Å². The number of hydrogen-bond acceptors (Lipinski definition) is 3. The number of rotatable bonds is 6. The van der Waals surface area contributed by atoms with E-state index in [9.17, 15) is 0 Å². The van der Waals surface area contributed by atoms with E-state index in [0.29, 0.717) is 18.4 Å². The third-order valence-corrected chi connectivity index (χ3v) is 4.79. The summed E-state index contributed by atoms with van der Waals surface area (Å²) in [4.78, 5) is 2.45. The van der Waals surface area contributed by atoms with Gasteiger partial charge in [0.25, 0.3) is 0 Å². The minimum atomic E-state index is 0. The van der Waals surface area contributed by atoms with Crippen LogP contribution in [0.5, 0.6) is 5.75 Å². The van der Waals surface area contributed by atoms with Crippen molar-refractivity contribution in [3.8, 4) is 5.75 Å². The van der Waals surface area contributed by atoms with Crippen molar-refractivity contribution < 1.29 is 4.74 Å². The number of likely N-dealkylation sites (tertiary alicyclic amines) is 1. The average molecular weight is 367 g/mol. The minimum absolute atomic E-state index is 0. The van der Waals surface area contributed by atoms with Gasteiger partial charge in [0, 0.05) is 30.6 Å². The summed E-state index contributed by atoms with van der Waals surface area (Å²) in [6, 6.07) is 18.2. The zero-order valence-corrected chi connectivity index (χ0v) is 15.2. The molecule has 2 atom stereocenters. The summed E-state index contributed by atoms with van der Waals surface area (Å²) < 4.78 is 5.80. The molecule has 1 aliphatic rings. The SMILES string of the molecule is Cl.NC[C@@H]1CN(CCOc2ccc(Cl)cc2)C[C@H]1c1ccccc1. The quantitative estimate of drug-likeness (QED) is 0.844. The highest BCUT2D eigenvalue weighted by Crippen LogP contribution is 2.31. The Morgan fingerprint density at radius 2 is 1.75 bits per heavy atom. The maximum absolute atomic E-state index is 5.99. The molecule has 1 fully saturated rings. The smallest absolute Gasteiger partial charge is 0.119 e. The maximum Gasteiger partial charge on any atom is 0.119 e. The average Bonchev–Trinajstić information content (AvgIpc) is 3.01. The van der Waals surface area contributed by atoms with E-state index in [2.05, 4.69) is 35.2 Å². The van der Waals surface area contributed by atoms with Crippen molar-refractivity contribution in [1.82, 2.24) is 4.90 Å². The van der Waals surface area contributed by atoms with Gasteiger partial charge in [-0.1, -0.05) is 41.9 Å². The normalized spacial score (nSPS) is 20.6. The number of ether oxygens (including phenoxy) is 1. The van der Waals surface area contributed by atoms with Crippen LogP contribution in [0.3, 0.4) is 0 Å². The van der Waals surface area contributed by atoms with Gasteiger partial charge in [-0.3, -0.25) is 4.90 Å². The van der Waals surface area contributed by atoms with Gasteiger partial charge in [-0.05, 0) is 42.3 Å². The highest BCUT2D eigenvalue weighted by Gasteiger charge is 2.32. The molecule has 0 saturated carbocycles. The van der Waals surface area contributed by atoms with Crippen LogP contribution in [0.2, 0.25) is 5.02 Å². The fraction of sp³-hybridized carbons (Fsp3) is 0.368. The molecule has 2 N–H and O–H groups in total. The lowest BCUT2D eigenvalue weighted by Gasteiger charge is -2.17. The molecule has 0 bridgehead atoms. The van der Waals surface area contributed by atoms with E-state index in [1.165, 1.54) is 5.56 Å². The summed E-state index contributed by atoms with van der Waals surface area (Å²) in [6.45, 7) is 4.42. The van der Waals surface area contributed by atoms with E-state index in [4.69, 9.17) is 22.1 Å². The van der Waals surface area contributed by atoms with Gasteiger partial charge in [0.1, 0.15) is 12.4 Å². The summed E-state index contributed by atoms with van der Waals surface area (Å²) in [5.41, 5.74) is 7.38. The number of halogens is 2. The van der Waals surface area contributed by atoms with Gasteiger partial charge in [-0.15, -0.1) is 12.4 Å². The zero-order valence-electron chi connectivity index (χ0n) is 13.6. The van der Waals surface area contributed by atoms with Crippen molar-refractivity contribution >= 4 is 24.0 Å². The van der Waals surface area contributed by atoms with Crippen LogP contribution in [-0.2, 0) is 0 Å². The van der Waals surface area contributed by atoms with Crippen molar-refractivity contribution in [3.63, 3.8) is 0 Å². The standard InChI is InChI=1S/C19H23ClN2O.ClH/c20-17-6-8-18(9-7-17)23-11-10-22-13-16(12-21)19(14-22)15-4-2-1-3-5-15;/h1-9,16,19H,10-14,21H2;1H/t16-,19+;/m1./s1. The Morgan fingerprint density at radius 1 is 1.04 bits per heavy atom. The molecule has 0 aromatic heterocycles. The molecule has 130 valence electrons. The van der Waals surface area contributed by atoms with Crippen LogP contribution in [0, 0.1) is 5.92 Å². The largest absolute Gasteiger partial charge is 0.492 e. The van der Waals surface area contributed by atoms with E-state index >= 15 is 0 Å². The van der Waals surface area contributed by atoms with Gasteiger partial charge in [-0.2, -0.15) is 0 Å². The van der Waals surface area contributed by atoms with Crippen molar-refractivity contribution in [2.75, 3.05) is 32.8 Å². The second-order valence-electron chi connectivity index (χ2n) is 6.07. The molecule has 2 aromatic rings. The molecule has 0 spiro atoms. The van der Waals surface area contributed by atoms with Crippen LogP contribution in [0.25, 0.3) is 0 Å². The first-order chi connectivity index (χ1) is 11.3. The Morgan fingerprint density at radius 3 is 2.42 bits per heavy atom. The first-order valence-electron chi connectivity index (χ1n) is 8.12. The Bertz CT molecular complexity index is 607. The van der Waals surface area contributed by atoms with E-state index in [0.717, 1.165) is 37.0 Å². The predicted molar refractivity (Wildman–Crippen MR) is 102 cm³/mol. The molecule has 5 heteroatoms. The van der Waals surface area contributed by atoms with E-state index in [-0.39, 0.29) is 12.4 Å². The number of hydrogen-bond donors (Lipinski definition) is 1. The summed E-state index contributed by atoms with van der Waals surface area (Å²) in [5, 5.41) is 0.730. The van der Waals surface area contributed by atoms with Crippen LogP contribution >= 0.6 is 24.0 Å². The minimum Gasteiger partial charge on any atom is -0.492 e. The first kappa shape index (κ1) is 19.1. The maximum atomic E-state index is 5.99. The molecular formula is C19H24Cl2N2O. The molecule has 3 rings (SSSR count). The van der Waals surface area contributed by atoms with Crippen molar-refractivity contribution in [3.05, 3.63) is 65.2 Å². The first-order valence-corrected chi connectivity index (χ1v) is 8.50. The van der Waals surface area contributed by atoms with Gasteiger partial charge in [0.05, 0.1) is 0 Å². The van der Waals surface area contributed by atoms with E-state index in [1.54, 1.807) is 0 Å². The lowest BCUT2D eigenvalue weighted by atomic mass is 9.89. The molecular weight excluding hydrogens is 343 g/mol. The van der Waals surface area contributed by atoms with Crippen LogP contribution < -0.4 is 10.5 Å². The molecule has 0 amide bonds. The third-order valence-electron chi connectivity index (χ3n) is 4.54. The lowest BCUT2D eigenvalue weighted by molar-refractivity contribution is 0.232. The topological polar surface area (TPSA) is 38.5 Å². The fourth-order valence-electron chi connectivity index (χ4n) is 3.28. The van der Waals surface area contributed by atoms with Crippen molar-refractivity contribution in [1.29, 1.82) is 0 Å². The molecule has 1 heterocycles. The van der Waals surface area contributed by atoms with Crippen molar-refractivity contribution in [2.45, 2.75) is 5.92 Å². The van der Waals surface area contributed by atoms with Crippen molar-refractivity contribution in [2.24, 2.45) is 11.7 Å². The predicted octanol–water partition coefficient (Wildman–Crippen LogP) is 3.81. The molecule has 3 nitrogen and oxygen atoms in total. The molecule has 1 aliphatic heterocycles. The lowest BCUT2D eigenvalue weighted by Crippen LogP contribution is -2.27. The number of benzene rings is 2. The Kier molecular flexibility index (Phi) is 7.38. The van der Waals surface area contributed by atoms with E-state index in [1.807, 2.05) is 24.3 Å². The Hall–Kier alpha value is -1.26. The Labute approximate surface area is 155 Å². The number of nitrogens with two attached hydrogens (primary N) is 1. The van der Waals surface area contributed by atoms with E-state index < -0.39 is 0 Å². The fourth-order valence-corrected chi connectivity index (χ4v) is 3.41. The highest BCUT2D eigenvalue weighted by atomic mass is 35.5. The molecule has 0 aliphatic carbocycles. The van der Waals surface area contributed by atoms with Crippen LogP contribution in [-0.4, -0.2) is 37.7 Å². The summed E-state index contributed by atoms with van der Waals surface area (Å²) in [5.74, 6) is 1.91. The molecule has 24 heavy (non-hydrogen) atoms. The van der Waals surface area contributed by atoms with Gasteiger partial charge in [0.2, 0.25) is 0 Å². The Balaban J connectivity index is 0.00000208. The van der Waals surface area contributed by atoms with Crippen LogP contribution in [0.4, 0.5) is 0 Å². The zero-order chi connectivity index (χ0) is 16.1. The monoisotopic (exact) mass is 366 g/mol. The number of nitrogens with zero attached hydrogens (tertiary/aromatic N) is 1. The van der Waals surface area contributed by atoms with Gasteiger partial charge >= 0.3 is 0 Å². The third kappa shape index (κ3) is 4.87. The summed E-state index contributed by atoms with van der Waals surface area (Å²) in [7, 11) is 0. The van der Waals surface area contributed by atoms with Gasteiger partial charge in [0.15, 0.2) is 0 Å². The molecule has 1 saturated heterocycles. The van der Waals surface area contributed by atoms with Gasteiger partial charge < -0.3 is 10.5 Å². The van der Waals surface area contributed by atoms with Crippen LogP contribution in [0.15, 0.2) is 54.6 Å². The molecule has 0 radical (unpaired) electrons. The summed E-state index contributed by atoms with van der Waals surface area (Å²) in [6.07, 6.45) is 0.